The van der Waals surface area contributed by atoms with Crippen molar-refractivity contribution in [3.8, 4) is 11.1 Å². The Morgan fingerprint density at radius 3 is 2.31 bits per heavy atom. The lowest BCUT2D eigenvalue weighted by Crippen LogP contribution is -2.41. The first-order chi connectivity index (χ1) is 12.5. The number of rotatable bonds is 4. The first kappa shape index (κ1) is 17.9. The molecular weight excluding hydrogens is 328 g/mol. The molecule has 0 bridgehead atoms. The first-order valence-electron chi connectivity index (χ1n) is 8.77. The Morgan fingerprint density at radius 1 is 1.08 bits per heavy atom. The van der Waals surface area contributed by atoms with Gasteiger partial charge in [-0.2, -0.15) is 0 Å². The van der Waals surface area contributed by atoms with E-state index in [9.17, 15) is 9.59 Å². The molecule has 1 aliphatic rings. The van der Waals surface area contributed by atoms with Gasteiger partial charge in [0.2, 0.25) is 5.91 Å². The van der Waals surface area contributed by atoms with E-state index in [4.69, 9.17) is 5.73 Å². The van der Waals surface area contributed by atoms with Gasteiger partial charge >= 0.3 is 0 Å². The molecule has 0 radical (unpaired) electrons. The smallest absolute Gasteiger partial charge is 0.255 e. The van der Waals surface area contributed by atoms with E-state index in [1.54, 1.807) is 17.3 Å². The first-order valence-corrected chi connectivity index (χ1v) is 8.77. The second-order valence-corrected chi connectivity index (χ2v) is 6.87. The fourth-order valence-electron chi connectivity index (χ4n) is 3.22. The van der Waals surface area contributed by atoms with Crippen LogP contribution in [0.5, 0.6) is 0 Å². The van der Waals surface area contributed by atoms with E-state index in [1.165, 1.54) is 0 Å². The molecule has 0 unspecified atom stereocenters. The number of likely N-dealkylation sites (tertiary alicyclic amines) is 1. The highest BCUT2D eigenvalue weighted by Gasteiger charge is 2.26. The number of carbonyl (C=O) groups excluding carboxylic acids is 2. The van der Waals surface area contributed by atoms with Gasteiger partial charge in [-0.3, -0.25) is 14.6 Å². The molecule has 26 heavy (non-hydrogen) atoms. The number of primary amides is 1. The van der Waals surface area contributed by atoms with Gasteiger partial charge in [-0.05, 0) is 36.6 Å². The van der Waals surface area contributed by atoms with Gasteiger partial charge in [0, 0.05) is 56.7 Å². The number of hydrogen-bond donors (Lipinski definition) is 1. The SMILES string of the molecule is CN(C)c1ccc(-c2cncc(C(=O)N3CCC(C(N)=O)CC3)c2)cc1. The third-order valence-corrected chi connectivity index (χ3v) is 4.89. The van der Waals surface area contributed by atoms with Crippen molar-refractivity contribution in [3.63, 3.8) is 0 Å². The highest BCUT2D eigenvalue weighted by molar-refractivity contribution is 5.95. The predicted octanol–water partition coefficient (Wildman–Crippen LogP) is 2.15. The van der Waals surface area contributed by atoms with Crippen molar-refractivity contribution in [2.24, 2.45) is 11.7 Å². The predicted molar refractivity (Wildman–Crippen MR) is 102 cm³/mol. The number of piperidine rings is 1. The molecule has 1 aliphatic heterocycles. The summed E-state index contributed by atoms with van der Waals surface area (Å²) in [6, 6.07) is 10.0. The minimum Gasteiger partial charge on any atom is -0.378 e. The van der Waals surface area contributed by atoms with Crippen LogP contribution < -0.4 is 10.6 Å². The summed E-state index contributed by atoms with van der Waals surface area (Å²) in [7, 11) is 3.99. The molecule has 2 N–H and O–H groups in total. The molecule has 2 amide bonds. The molecule has 1 saturated heterocycles. The maximum atomic E-state index is 12.8. The molecule has 1 fully saturated rings. The summed E-state index contributed by atoms with van der Waals surface area (Å²) in [6.07, 6.45) is 4.61. The fraction of sp³-hybridized carbons (Fsp3) is 0.350. The van der Waals surface area contributed by atoms with Crippen LogP contribution in [0.25, 0.3) is 11.1 Å². The molecule has 1 aromatic carbocycles. The summed E-state index contributed by atoms with van der Waals surface area (Å²) < 4.78 is 0. The molecule has 3 rings (SSSR count). The number of nitrogens with two attached hydrogens (primary N) is 1. The maximum absolute atomic E-state index is 12.8. The van der Waals surface area contributed by atoms with Crippen molar-refractivity contribution < 1.29 is 9.59 Å². The summed E-state index contributed by atoms with van der Waals surface area (Å²) in [6.45, 7) is 1.10. The standard InChI is InChI=1S/C20H24N4O2/c1-23(2)18-5-3-14(4-6-18)16-11-17(13-22-12-16)20(26)24-9-7-15(8-10-24)19(21)25/h3-6,11-13,15H,7-10H2,1-2H3,(H2,21,25). The van der Waals surface area contributed by atoms with Crippen molar-refractivity contribution in [3.05, 3.63) is 48.3 Å². The van der Waals surface area contributed by atoms with Gasteiger partial charge in [-0.1, -0.05) is 12.1 Å². The molecule has 2 aromatic rings. The second kappa shape index (κ2) is 7.56. The number of nitrogens with zero attached hydrogens (tertiary/aromatic N) is 3. The lowest BCUT2D eigenvalue weighted by Gasteiger charge is -2.30. The van der Waals surface area contributed by atoms with Gasteiger partial charge in [0.15, 0.2) is 0 Å². The van der Waals surface area contributed by atoms with Crippen LogP contribution in [0.3, 0.4) is 0 Å². The van der Waals surface area contributed by atoms with Crippen LogP contribution in [0.1, 0.15) is 23.2 Å². The van der Waals surface area contributed by atoms with E-state index in [1.807, 2.05) is 49.3 Å². The zero-order chi connectivity index (χ0) is 18.7. The van der Waals surface area contributed by atoms with Crippen molar-refractivity contribution in [1.29, 1.82) is 0 Å². The minimum absolute atomic E-state index is 0.0489. The molecule has 2 heterocycles. The molecule has 6 heteroatoms. The van der Waals surface area contributed by atoms with Crippen LogP contribution in [0.2, 0.25) is 0 Å². The number of anilines is 1. The quantitative estimate of drug-likeness (QED) is 0.914. The molecular formula is C20H24N4O2. The van der Waals surface area contributed by atoms with E-state index in [2.05, 4.69) is 4.98 Å². The van der Waals surface area contributed by atoms with Crippen LogP contribution in [-0.2, 0) is 4.79 Å². The van der Waals surface area contributed by atoms with Crippen molar-refractivity contribution >= 4 is 17.5 Å². The van der Waals surface area contributed by atoms with Gasteiger partial charge in [-0.25, -0.2) is 0 Å². The van der Waals surface area contributed by atoms with Crippen LogP contribution in [0.15, 0.2) is 42.7 Å². The van der Waals surface area contributed by atoms with Gasteiger partial charge in [0.05, 0.1) is 5.56 Å². The average molecular weight is 352 g/mol. The summed E-state index contributed by atoms with van der Waals surface area (Å²) in [4.78, 5) is 32.1. The molecule has 0 aliphatic carbocycles. The van der Waals surface area contributed by atoms with Gasteiger partial charge in [0.25, 0.3) is 5.91 Å². The Kier molecular flexibility index (Phi) is 5.21. The maximum Gasteiger partial charge on any atom is 0.255 e. The normalized spacial score (nSPS) is 14.9. The average Bonchev–Trinajstić information content (AvgIpc) is 2.67. The molecule has 6 nitrogen and oxygen atoms in total. The minimum atomic E-state index is -0.276. The molecule has 1 aromatic heterocycles. The van der Waals surface area contributed by atoms with Crippen LogP contribution in [-0.4, -0.2) is 48.9 Å². The third kappa shape index (κ3) is 3.85. The van der Waals surface area contributed by atoms with E-state index >= 15 is 0 Å². The monoisotopic (exact) mass is 352 g/mol. The Labute approximate surface area is 153 Å². The van der Waals surface area contributed by atoms with Crippen molar-refractivity contribution in [2.45, 2.75) is 12.8 Å². The Hall–Kier alpha value is -2.89. The summed E-state index contributed by atoms with van der Waals surface area (Å²) in [5.74, 6) is -0.451. The lowest BCUT2D eigenvalue weighted by molar-refractivity contribution is -0.123. The van der Waals surface area contributed by atoms with Crippen LogP contribution in [0, 0.1) is 5.92 Å². The summed E-state index contributed by atoms with van der Waals surface area (Å²) in [5, 5.41) is 0. The number of pyridine rings is 1. The van der Waals surface area contributed by atoms with Gasteiger partial charge < -0.3 is 15.5 Å². The number of hydrogen-bond acceptors (Lipinski definition) is 4. The van der Waals surface area contributed by atoms with Crippen LogP contribution >= 0.6 is 0 Å². The van der Waals surface area contributed by atoms with E-state index in [0.29, 0.717) is 31.5 Å². The second-order valence-electron chi connectivity index (χ2n) is 6.87. The van der Waals surface area contributed by atoms with Gasteiger partial charge in [0.1, 0.15) is 0 Å². The fourth-order valence-corrected chi connectivity index (χ4v) is 3.22. The molecule has 0 saturated carbocycles. The Balaban J connectivity index is 1.75. The van der Waals surface area contributed by atoms with E-state index in [0.717, 1.165) is 16.8 Å². The van der Waals surface area contributed by atoms with Crippen molar-refractivity contribution in [1.82, 2.24) is 9.88 Å². The number of aromatic nitrogens is 1. The lowest BCUT2D eigenvalue weighted by atomic mass is 9.96. The zero-order valence-corrected chi connectivity index (χ0v) is 15.2. The highest BCUT2D eigenvalue weighted by atomic mass is 16.2. The largest absolute Gasteiger partial charge is 0.378 e. The Bertz CT molecular complexity index is 794. The summed E-state index contributed by atoms with van der Waals surface area (Å²) in [5.41, 5.74) is 8.97. The zero-order valence-electron chi connectivity index (χ0n) is 15.2. The number of amides is 2. The molecule has 0 atom stereocenters. The van der Waals surface area contributed by atoms with Gasteiger partial charge in [-0.15, -0.1) is 0 Å². The topological polar surface area (TPSA) is 79.5 Å². The van der Waals surface area contributed by atoms with E-state index in [-0.39, 0.29) is 17.7 Å². The number of carbonyl (C=O) groups is 2. The number of benzene rings is 1. The van der Waals surface area contributed by atoms with Crippen molar-refractivity contribution in [2.75, 3.05) is 32.1 Å². The van der Waals surface area contributed by atoms with E-state index < -0.39 is 0 Å². The third-order valence-electron chi connectivity index (χ3n) is 4.89. The van der Waals surface area contributed by atoms with Crippen LogP contribution in [0.4, 0.5) is 5.69 Å². The Morgan fingerprint density at radius 2 is 1.73 bits per heavy atom. The molecule has 136 valence electrons. The molecule has 0 spiro atoms. The summed E-state index contributed by atoms with van der Waals surface area (Å²) >= 11 is 0. The highest BCUT2D eigenvalue weighted by Crippen LogP contribution is 2.24.